The van der Waals surface area contributed by atoms with E-state index >= 15 is 0 Å². The number of nitrogens with one attached hydrogen (secondary N) is 1. The standard InChI is InChI=1S/C10H11NO6S/c1-17-5-2-7(18-4-5)9(14)11-6(10(15)16)3-8(12)13/h2,4,6H,3H2,1H3,(H,11,14)(H,12,13)(H,15,16)/t6-/m1/s1. The first kappa shape index (κ1) is 14.0. The maximum Gasteiger partial charge on any atom is 0.326 e. The summed E-state index contributed by atoms with van der Waals surface area (Å²) in [7, 11) is 1.44. The molecule has 0 aliphatic carbocycles. The highest BCUT2D eigenvalue weighted by Crippen LogP contribution is 2.21. The molecule has 0 radical (unpaired) electrons. The lowest BCUT2D eigenvalue weighted by molar-refractivity contribution is -0.145. The van der Waals surface area contributed by atoms with Crippen LogP contribution in [0.15, 0.2) is 11.4 Å². The number of hydrogen-bond acceptors (Lipinski definition) is 5. The van der Waals surface area contributed by atoms with Gasteiger partial charge in [-0.25, -0.2) is 4.79 Å². The van der Waals surface area contributed by atoms with Crippen molar-refractivity contribution in [3.8, 4) is 5.75 Å². The molecule has 7 nitrogen and oxygen atoms in total. The van der Waals surface area contributed by atoms with E-state index in [2.05, 4.69) is 5.32 Å². The molecule has 0 aliphatic heterocycles. The van der Waals surface area contributed by atoms with Crippen LogP contribution in [0.25, 0.3) is 0 Å². The molecule has 1 rings (SSSR count). The van der Waals surface area contributed by atoms with Gasteiger partial charge in [-0.1, -0.05) is 0 Å². The summed E-state index contributed by atoms with van der Waals surface area (Å²) in [6.07, 6.45) is -0.677. The molecule has 1 aromatic heterocycles. The molecule has 1 aromatic rings. The van der Waals surface area contributed by atoms with E-state index in [-0.39, 0.29) is 4.88 Å². The van der Waals surface area contributed by atoms with Gasteiger partial charge in [0.15, 0.2) is 0 Å². The largest absolute Gasteiger partial charge is 0.496 e. The van der Waals surface area contributed by atoms with E-state index in [9.17, 15) is 14.4 Å². The van der Waals surface area contributed by atoms with Gasteiger partial charge in [-0.15, -0.1) is 11.3 Å². The van der Waals surface area contributed by atoms with Gasteiger partial charge in [-0.3, -0.25) is 9.59 Å². The van der Waals surface area contributed by atoms with Gasteiger partial charge in [0.2, 0.25) is 0 Å². The van der Waals surface area contributed by atoms with E-state index in [1.807, 2.05) is 0 Å². The summed E-state index contributed by atoms with van der Waals surface area (Å²) in [4.78, 5) is 33.1. The second-order valence-corrected chi connectivity index (χ2v) is 4.22. The highest BCUT2D eigenvalue weighted by Gasteiger charge is 2.24. The number of amides is 1. The fraction of sp³-hybridized carbons (Fsp3) is 0.300. The molecule has 0 bridgehead atoms. The van der Waals surface area contributed by atoms with Gasteiger partial charge < -0.3 is 20.3 Å². The van der Waals surface area contributed by atoms with E-state index in [1.54, 1.807) is 5.38 Å². The number of carbonyl (C=O) groups excluding carboxylic acids is 1. The summed E-state index contributed by atoms with van der Waals surface area (Å²) < 4.78 is 4.88. The molecule has 0 spiro atoms. The Bertz CT molecular complexity index is 469. The maximum absolute atomic E-state index is 11.7. The number of rotatable bonds is 6. The Morgan fingerprint density at radius 3 is 2.56 bits per heavy atom. The normalized spacial score (nSPS) is 11.6. The van der Waals surface area contributed by atoms with Crippen molar-refractivity contribution in [1.82, 2.24) is 5.32 Å². The van der Waals surface area contributed by atoms with Crippen molar-refractivity contribution in [2.24, 2.45) is 0 Å². The third-order valence-corrected chi connectivity index (χ3v) is 2.92. The monoisotopic (exact) mass is 273 g/mol. The molecular weight excluding hydrogens is 262 g/mol. The van der Waals surface area contributed by atoms with Gasteiger partial charge >= 0.3 is 11.9 Å². The molecule has 8 heteroatoms. The first-order valence-electron chi connectivity index (χ1n) is 4.82. The van der Waals surface area contributed by atoms with Gasteiger partial charge in [0.05, 0.1) is 18.4 Å². The molecule has 1 heterocycles. The van der Waals surface area contributed by atoms with E-state index in [0.717, 1.165) is 11.3 Å². The van der Waals surface area contributed by atoms with E-state index in [4.69, 9.17) is 14.9 Å². The van der Waals surface area contributed by atoms with Crippen molar-refractivity contribution in [2.45, 2.75) is 12.5 Å². The molecule has 0 aromatic carbocycles. The molecule has 0 fully saturated rings. The number of carbonyl (C=O) groups is 3. The number of hydrogen-bond donors (Lipinski definition) is 3. The Hall–Kier alpha value is -2.09. The van der Waals surface area contributed by atoms with Crippen LogP contribution in [-0.4, -0.2) is 41.2 Å². The summed E-state index contributed by atoms with van der Waals surface area (Å²) in [6.45, 7) is 0. The molecule has 0 aliphatic rings. The quantitative estimate of drug-likeness (QED) is 0.692. The summed E-state index contributed by atoms with van der Waals surface area (Å²) in [5.41, 5.74) is 0. The minimum atomic E-state index is -1.46. The number of aliphatic carboxylic acids is 2. The molecule has 1 atom stereocenters. The van der Waals surface area contributed by atoms with E-state index in [1.165, 1.54) is 13.2 Å². The van der Waals surface area contributed by atoms with E-state index in [0.29, 0.717) is 5.75 Å². The first-order chi connectivity index (χ1) is 8.43. The van der Waals surface area contributed by atoms with Crippen molar-refractivity contribution < 1.29 is 29.3 Å². The summed E-state index contributed by atoms with van der Waals surface area (Å²) in [5, 5.41) is 21.0. The maximum atomic E-state index is 11.7. The van der Waals surface area contributed by atoms with Gasteiger partial charge in [0.1, 0.15) is 11.8 Å². The highest BCUT2D eigenvalue weighted by molar-refractivity contribution is 7.12. The van der Waals surface area contributed by atoms with Gasteiger partial charge in [0, 0.05) is 11.4 Å². The van der Waals surface area contributed by atoms with Crippen molar-refractivity contribution in [3.05, 3.63) is 16.3 Å². The van der Waals surface area contributed by atoms with Gasteiger partial charge in [0.25, 0.3) is 5.91 Å². The third-order valence-electron chi connectivity index (χ3n) is 2.02. The second kappa shape index (κ2) is 6.01. The van der Waals surface area contributed by atoms with Gasteiger partial charge in [-0.05, 0) is 0 Å². The van der Waals surface area contributed by atoms with Crippen LogP contribution < -0.4 is 10.1 Å². The number of ether oxygens (including phenoxy) is 1. The Morgan fingerprint density at radius 1 is 1.44 bits per heavy atom. The first-order valence-corrected chi connectivity index (χ1v) is 5.70. The molecular formula is C10H11NO6S. The average Bonchev–Trinajstić information content (AvgIpc) is 2.75. The van der Waals surface area contributed by atoms with Crippen LogP contribution >= 0.6 is 11.3 Å². The summed E-state index contributed by atoms with van der Waals surface area (Å²) in [6, 6.07) is -0.0113. The van der Waals surface area contributed by atoms with Crippen LogP contribution in [0.4, 0.5) is 0 Å². The van der Waals surface area contributed by atoms with Crippen molar-refractivity contribution in [2.75, 3.05) is 7.11 Å². The number of methoxy groups -OCH3 is 1. The van der Waals surface area contributed by atoms with Crippen LogP contribution in [0.1, 0.15) is 16.1 Å². The number of thiophene rings is 1. The fourth-order valence-corrected chi connectivity index (χ4v) is 1.91. The topological polar surface area (TPSA) is 113 Å². The van der Waals surface area contributed by atoms with Crippen LogP contribution in [0.2, 0.25) is 0 Å². The highest BCUT2D eigenvalue weighted by atomic mass is 32.1. The van der Waals surface area contributed by atoms with Crippen molar-refractivity contribution in [3.63, 3.8) is 0 Å². The van der Waals surface area contributed by atoms with Crippen LogP contribution in [-0.2, 0) is 9.59 Å². The Kier molecular flexibility index (Phi) is 4.67. The number of carboxylic acid groups (broad SMARTS) is 2. The molecule has 0 saturated carbocycles. The average molecular weight is 273 g/mol. The fourth-order valence-electron chi connectivity index (χ4n) is 1.15. The van der Waals surface area contributed by atoms with Crippen LogP contribution in [0, 0.1) is 0 Å². The second-order valence-electron chi connectivity index (χ2n) is 3.31. The molecule has 98 valence electrons. The molecule has 1 amide bonds. The SMILES string of the molecule is COc1csc(C(=O)N[C@H](CC(=O)O)C(=O)O)c1. The predicted octanol–water partition coefficient (Wildman–Crippen LogP) is 0.414. The molecule has 0 saturated heterocycles. The molecule has 18 heavy (non-hydrogen) atoms. The zero-order chi connectivity index (χ0) is 13.7. The Balaban J connectivity index is 2.71. The smallest absolute Gasteiger partial charge is 0.326 e. The lowest BCUT2D eigenvalue weighted by atomic mass is 10.2. The molecule has 0 unspecified atom stereocenters. The zero-order valence-corrected chi connectivity index (χ0v) is 10.2. The third kappa shape index (κ3) is 3.74. The van der Waals surface area contributed by atoms with Crippen LogP contribution in [0.3, 0.4) is 0 Å². The predicted molar refractivity (Wildman–Crippen MR) is 62.0 cm³/mol. The Labute approximate surface area is 106 Å². The summed E-state index contributed by atoms with van der Waals surface area (Å²) in [5.74, 6) is -2.85. The number of carboxylic acids is 2. The Morgan fingerprint density at radius 2 is 2.11 bits per heavy atom. The minimum Gasteiger partial charge on any atom is -0.496 e. The van der Waals surface area contributed by atoms with Crippen molar-refractivity contribution >= 4 is 29.2 Å². The van der Waals surface area contributed by atoms with Crippen LogP contribution in [0.5, 0.6) is 5.75 Å². The lowest BCUT2D eigenvalue weighted by Crippen LogP contribution is -2.41. The van der Waals surface area contributed by atoms with Crippen molar-refractivity contribution in [1.29, 1.82) is 0 Å². The van der Waals surface area contributed by atoms with Gasteiger partial charge in [-0.2, -0.15) is 0 Å². The molecule has 3 N–H and O–H groups in total. The summed E-state index contributed by atoms with van der Waals surface area (Å²) >= 11 is 1.08. The van der Waals surface area contributed by atoms with E-state index < -0.39 is 30.3 Å². The zero-order valence-electron chi connectivity index (χ0n) is 9.37. The lowest BCUT2D eigenvalue weighted by Gasteiger charge is -2.11. The minimum absolute atomic E-state index is 0.253.